The Morgan fingerprint density at radius 3 is 2.60 bits per heavy atom. The first-order valence-electron chi connectivity index (χ1n) is 12.7. The number of amides is 1. The summed E-state index contributed by atoms with van der Waals surface area (Å²) >= 11 is 6.45. The van der Waals surface area contributed by atoms with Crippen LogP contribution in [-0.2, 0) is 27.2 Å². The fourth-order valence-electron chi connectivity index (χ4n) is 4.73. The molecule has 3 aromatic rings. The van der Waals surface area contributed by atoms with Crippen molar-refractivity contribution in [1.29, 1.82) is 0 Å². The average molecular weight is 572 g/mol. The highest BCUT2D eigenvalue weighted by atomic mass is 35.5. The summed E-state index contributed by atoms with van der Waals surface area (Å²) in [5, 5.41) is 21.6. The molecule has 0 saturated heterocycles. The van der Waals surface area contributed by atoms with Crippen LogP contribution in [0.2, 0.25) is 5.02 Å². The van der Waals surface area contributed by atoms with Gasteiger partial charge in [-0.1, -0.05) is 37.6 Å². The number of benzene rings is 2. The van der Waals surface area contributed by atoms with Crippen molar-refractivity contribution in [2.45, 2.75) is 45.8 Å². The van der Waals surface area contributed by atoms with Crippen molar-refractivity contribution in [3.8, 4) is 11.5 Å². The Balaban J connectivity index is 1.88. The molecule has 0 bridgehead atoms. The number of carbonyl (C=O) groups excluding carboxylic acids is 2. The zero-order valence-electron chi connectivity index (χ0n) is 23.0. The molecule has 2 aromatic carbocycles. The van der Waals surface area contributed by atoms with Crippen LogP contribution in [0.25, 0.3) is 0 Å². The minimum atomic E-state index is -1.30. The van der Waals surface area contributed by atoms with Gasteiger partial charge in [0.05, 0.1) is 26.3 Å². The molecule has 40 heavy (non-hydrogen) atoms. The third kappa shape index (κ3) is 6.09. The number of ether oxygens (including phenoxy) is 3. The summed E-state index contributed by atoms with van der Waals surface area (Å²) in [6.45, 7) is 5.34. The molecule has 0 fully saturated rings. The molecule has 0 saturated carbocycles. The van der Waals surface area contributed by atoms with Gasteiger partial charge in [0.15, 0.2) is 17.4 Å². The first-order chi connectivity index (χ1) is 19.0. The number of fused-ring (bicyclic) bond motifs is 1. The molecule has 4 rings (SSSR count). The van der Waals surface area contributed by atoms with Gasteiger partial charge in [-0.15, -0.1) is 0 Å². The molecule has 2 heterocycles. The van der Waals surface area contributed by atoms with Crippen LogP contribution < -0.4 is 19.5 Å². The van der Waals surface area contributed by atoms with Gasteiger partial charge in [-0.3, -0.25) is 4.79 Å². The number of halogens is 1. The first kappa shape index (κ1) is 29.4. The van der Waals surface area contributed by atoms with E-state index in [1.54, 1.807) is 42.2 Å². The lowest BCUT2D eigenvalue weighted by Crippen LogP contribution is -2.46. The highest BCUT2D eigenvalue weighted by molar-refractivity contribution is 6.30. The Morgan fingerprint density at radius 1 is 1.20 bits per heavy atom. The van der Waals surface area contributed by atoms with E-state index in [2.05, 4.69) is 4.98 Å². The summed E-state index contributed by atoms with van der Waals surface area (Å²) in [5.41, 5.74) is 1.53. The van der Waals surface area contributed by atoms with Crippen LogP contribution in [0.5, 0.6) is 11.5 Å². The predicted octanol–water partition coefficient (Wildman–Crippen LogP) is 3.03. The number of aliphatic hydroxyl groups excluding tert-OH is 1. The summed E-state index contributed by atoms with van der Waals surface area (Å²) in [7, 11) is 3.05. The first-order valence-corrected chi connectivity index (χ1v) is 13.1. The van der Waals surface area contributed by atoms with Crippen LogP contribution in [-0.4, -0.2) is 55.4 Å². The van der Waals surface area contributed by atoms with E-state index in [-0.39, 0.29) is 37.1 Å². The number of hydrogen-bond acceptors (Lipinski definition) is 9. The Hall–Kier alpha value is -3.60. The normalized spacial score (nSPS) is 17.4. The molecule has 1 amide bonds. The Labute approximate surface area is 237 Å². The number of rotatable bonds is 10. The number of carboxylic acids is 1. The minimum Gasteiger partial charge on any atom is -0.550 e. The maximum Gasteiger partial charge on any atom is 0.256 e. The number of carboxylic acid groups (broad SMARTS) is 1. The van der Waals surface area contributed by atoms with E-state index in [1.807, 2.05) is 19.9 Å². The van der Waals surface area contributed by atoms with Crippen molar-refractivity contribution < 1.29 is 38.4 Å². The van der Waals surface area contributed by atoms with Crippen molar-refractivity contribution in [1.82, 2.24) is 4.98 Å². The van der Waals surface area contributed by atoms with Crippen LogP contribution in [0.15, 0.2) is 40.8 Å². The van der Waals surface area contributed by atoms with Crippen molar-refractivity contribution >= 4 is 29.2 Å². The second-order valence-corrected chi connectivity index (χ2v) is 10.8. The second kappa shape index (κ2) is 11.9. The molecule has 1 aromatic heterocycles. The predicted molar refractivity (Wildman–Crippen MR) is 145 cm³/mol. The molecule has 2 atom stereocenters. The average Bonchev–Trinajstić information content (AvgIpc) is 3.21. The fraction of sp³-hybridized carbons (Fsp3) is 0.414. The standard InChI is InChI=1S/C29H33ClN2O8/c1-16-22(13-25(34)35)39-24(31-16)12-23-28(36)32(14-29(2,3)15-33)20-10-9-17(30)11-19(20)26(40-23)18-7-6-8-21(37-4)27(18)38-5/h6-11,23,26,33H,12-15H2,1-5H3,(H,34,35)/p-1/t23-,26-/m1/s1. The van der Waals surface area contributed by atoms with Crippen molar-refractivity contribution in [3.05, 3.63) is 69.9 Å². The van der Waals surface area contributed by atoms with Crippen molar-refractivity contribution in [3.63, 3.8) is 0 Å². The number of anilines is 1. The molecule has 214 valence electrons. The quantitative estimate of drug-likeness (QED) is 0.389. The van der Waals surface area contributed by atoms with Crippen LogP contribution >= 0.6 is 11.6 Å². The molecular weight excluding hydrogens is 540 g/mol. The Morgan fingerprint density at radius 2 is 1.95 bits per heavy atom. The van der Waals surface area contributed by atoms with E-state index < -0.39 is 30.0 Å². The van der Waals surface area contributed by atoms with Gasteiger partial charge in [0.1, 0.15) is 18.0 Å². The summed E-state index contributed by atoms with van der Waals surface area (Å²) in [4.78, 5) is 31.2. The molecule has 0 radical (unpaired) electrons. The number of carbonyl (C=O) groups is 2. The largest absolute Gasteiger partial charge is 0.550 e. The van der Waals surface area contributed by atoms with Gasteiger partial charge < -0.3 is 38.5 Å². The molecule has 10 nitrogen and oxygen atoms in total. The number of methoxy groups -OCH3 is 2. The second-order valence-electron chi connectivity index (χ2n) is 10.4. The molecule has 1 aliphatic rings. The molecule has 11 heteroatoms. The van der Waals surface area contributed by atoms with Crippen LogP contribution in [0.1, 0.15) is 48.4 Å². The lowest BCUT2D eigenvalue weighted by molar-refractivity contribution is -0.305. The zero-order valence-corrected chi connectivity index (χ0v) is 23.8. The minimum absolute atomic E-state index is 0.0761. The Bertz CT molecular complexity index is 1400. The number of nitrogens with zero attached hydrogens (tertiary/aromatic N) is 2. The number of aliphatic carboxylic acids is 1. The number of oxazole rings is 1. The lowest BCUT2D eigenvalue weighted by Gasteiger charge is -2.32. The van der Waals surface area contributed by atoms with Crippen molar-refractivity contribution in [2.75, 3.05) is 32.3 Å². The van der Waals surface area contributed by atoms with Gasteiger partial charge in [0.2, 0.25) is 0 Å². The van der Waals surface area contributed by atoms with Gasteiger partial charge in [-0.25, -0.2) is 4.98 Å². The SMILES string of the molecule is COc1cccc([C@H]2O[C@H](Cc3nc(C)c(CC(=O)[O-])o3)C(=O)N(CC(C)(C)CO)c3ccc(Cl)cc32)c1OC. The van der Waals surface area contributed by atoms with E-state index in [4.69, 9.17) is 30.2 Å². The molecule has 0 aliphatic carbocycles. The number of para-hydroxylation sites is 1. The monoisotopic (exact) mass is 571 g/mol. The van der Waals surface area contributed by atoms with Gasteiger partial charge in [-0.05, 0) is 31.2 Å². The number of aliphatic hydroxyl groups is 1. The molecule has 1 aliphatic heterocycles. The maximum absolute atomic E-state index is 14.2. The number of aryl methyl sites for hydroxylation is 1. The summed E-state index contributed by atoms with van der Waals surface area (Å²) in [6.07, 6.45) is -2.44. The topological polar surface area (TPSA) is 134 Å². The van der Waals surface area contributed by atoms with Crippen LogP contribution in [0.4, 0.5) is 5.69 Å². The van der Waals surface area contributed by atoms with E-state index in [9.17, 15) is 19.8 Å². The Kier molecular flexibility index (Phi) is 8.72. The molecule has 1 N–H and O–H groups in total. The van der Waals surface area contributed by atoms with Gasteiger partial charge in [0, 0.05) is 52.8 Å². The highest BCUT2D eigenvalue weighted by Gasteiger charge is 2.40. The zero-order chi connectivity index (χ0) is 29.2. The van der Waals surface area contributed by atoms with E-state index >= 15 is 0 Å². The highest BCUT2D eigenvalue weighted by Crippen LogP contribution is 2.45. The number of aromatic nitrogens is 1. The smallest absolute Gasteiger partial charge is 0.256 e. The van der Waals surface area contributed by atoms with E-state index in [0.717, 1.165) is 0 Å². The van der Waals surface area contributed by atoms with E-state index in [0.29, 0.717) is 39.0 Å². The maximum atomic E-state index is 14.2. The third-order valence-electron chi connectivity index (χ3n) is 6.74. The molecular formula is C29H32ClN2O8-. The third-order valence-corrected chi connectivity index (χ3v) is 6.97. The number of hydrogen-bond donors (Lipinski definition) is 1. The molecule has 0 spiro atoms. The summed E-state index contributed by atoms with van der Waals surface area (Å²) in [5.74, 6) is -0.481. The van der Waals surface area contributed by atoms with Crippen LogP contribution in [0.3, 0.4) is 0 Å². The molecule has 0 unspecified atom stereocenters. The van der Waals surface area contributed by atoms with Gasteiger partial charge in [0.25, 0.3) is 5.91 Å². The lowest BCUT2D eigenvalue weighted by atomic mass is 9.92. The van der Waals surface area contributed by atoms with Gasteiger partial charge in [-0.2, -0.15) is 0 Å². The van der Waals surface area contributed by atoms with Crippen molar-refractivity contribution in [2.24, 2.45) is 5.41 Å². The van der Waals surface area contributed by atoms with Gasteiger partial charge >= 0.3 is 0 Å². The summed E-state index contributed by atoms with van der Waals surface area (Å²) in [6, 6.07) is 10.5. The summed E-state index contributed by atoms with van der Waals surface area (Å²) < 4.78 is 23.5. The fourth-order valence-corrected chi connectivity index (χ4v) is 4.92. The van der Waals surface area contributed by atoms with E-state index in [1.165, 1.54) is 14.2 Å². The van der Waals surface area contributed by atoms with Crippen LogP contribution in [0, 0.1) is 12.3 Å².